The van der Waals surface area contributed by atoms with Gasteiger partial charge in [-0.2, -0.15) is 5.10 Å². The fraction of sp³-hybridized carbons (Fsp3) is 0.261. The van der Waals surface area contributed by atoms with Gasteiger partial charge in [-0.3, -0.25) is 19.3 Å². The molecule has 8 nitrogen and oxygen atoms in total. The van der Waals surface area contributed by atoms with Crippen LogP contribution in [-0.2, 0) is 20.0 Å². The summed E-state index contributed by atoms with van der Waals surface area (Å²) in [5, 5.41) is 7.56. The van der Waals surface area contributed by atoms with Crippen molar-refractivity contribution in [3.63, 3.8) is 0 Å². The van der Waals surface area contributed by atoms with E-state index in [9.17, 15) is 9.18 Å². The van der Waals surface area contributed by atoms with Gasteiger partial charge in [-0.05, 0) is 38.1 Å². The summed E-state index contributed by atoms with van der Waals surface area (Å²) in [6, 6.07) is 6.33. The van der Waals surface area contributed by atoms with Crippen molar-refractivity contribution < 1.29 is 9.13 Å². The van der Waals surface area contributed by atoms with Crippen LogP contribution in [0, 0.1) is 5.82 Å². The molecule has 3 aromatic heterocycles. The molecule has 0 saturated heterocycles. The minimum Gasteiger partial charge on any atom is -0.482 e. The van der Waals surface area contributed by atoms with Crippen LogP contribution in [0.15, 0.2) is 41.5 Å². The largest absolute Gasteiger partial charge is 0.482 e. The third kappa shape index (κ3) is 3.17. The van der Waals surface area contributed by atoms with Crippen LogP contribution in [-0.4, -0.2) is 24.5 Å². The molecule has 4 heterocycles. The Morgan fingerprint density at radius 2 is 2.16 bits per heavy atom. The van der Waals surface area contributed by atoms with Gasteiger partial charge in [0.15, 0.2) is 11.6 Å². The number of nitrogens with zero attached hydrogens (tertiary/aromatic N) is 4. The molecule has 1 aliphatic rings. The van der Waals surface area contributed by atoms with Crippen LogP contribution in [0.2, 0.25) is 0 Å². The standard InChI is InChI=1S/C23H23FN6O2/c1-4-30-21-13-8-19(22(25)26-10-13)32-12(2)17-9-15(24)5-6-16(17)20-14(11-29(3)27-20)7-18(21)23(31)28-30/h5-6,8-12H,4,7H2,1-3H3,(H2,25,26)(H,28,31)/t12-/m1/s1. The first kappa shape index (κ1) is 20.0. The molecule has 9 heteroatoms. The van der Waals surface area contributed by atoms with E-state index in [0.29, 0.717) is 41.1 Å². The number of anilines is 1. The lowest BCUT2D eigenvalue weighted by Gasteiger charge is -2.21. The number of ether oxygens (including phenoxy) is 1. The molecule has 5 rings (SSSR count). The first-order valence-electron chi connectivity index (χ1n) is 10.4. The second-order valence-electron chi connectivity index (χ2n) is 7.96. The third-order valence-corrected chi connectivity index (χ3v) is 5.82. The van der Waals surface area contributed by atoms with E-state index in [-0.39, 0.29) is 17.2 Å². The number of nitrogens with one attached hydrogen (secondary N) is 1. The number of aryl methyl sites for hydroxylation is 2. The first-order valence-corrected chi connectivity index (χ1v) is 10.4. The van der Waals surface area contributed by atoms with Gasteiger partial charge in [0.2, 0.25) is 0 Å². The number of benzene rings is 1. The summed E-state index contributed by atoms with van der Waals surface area (Å²) in [5.74, 6) is 0.216. The SMILES string of the molecule is CCn1[nH]c(=O)c2c1-c1cnc(N)c(c1)O[C@H](C)c1cc(F)ccc1-c1nn(C)cc1C2. The molecule has 0 amide bonds. The molecular formula is C23H23FN6O2. The number of nitrogens with two attached hydrogens (primary N) is 1. The number of nitrogen functional groups attached to an aromatic ring is 1. The van der Waals surface area contributed by atoms with Crippen molar-refractivity contribution in [3.8, 4) is 28.3 Å². The van der Waals surface area contributed by atoms with E-state index in [0.717, 1.165) is 16.8 Å². The number of aromatic nitrogens is 5. The second kappa shape index (κ2) is 7.37. The number of aromatic amines is 1. The smallest absolute Gasteiger partial charge is 0.268 e. The highest BCUT2D eigenvalue weighted by Gasteiger charge is 2.25. The molecule has 0 aliphatic carbocycles. The van der Waals surface area contributed by atoms with E-state index in [4.69, 9.17) is 10.5 Å². The molecular weight excluding hydrogens is 411 g/mol. The van der Waals surface area contributed by atoms with E-state index < -0.39 is 6.10 Å². The normalized spacial score (nSPS) is 15.1. The minimum absolute atomic E-state index is 0.180. The van der Waals surface area contributed by atoms with E-state index in [2.05, 4.69) is 15.2 Å². The third-order valence-electron chi connectivity index (χ3n) is 5.82. The van der Waals surface area contributed by atoms with Gasteiger partial charge in [-0.1, -0.05) is 0 Å². The molecule has 1 aliphatic heterocycles. The molecule has 0 spiro atoms. The van der Waals surface area contributed by atoms with Crippen molar-refractivity contribution in [3.05, 3.63) is 69.5 Å². The van der Waals surface area contributed by atoms with Crippen LogP contribution in [0.3, 0.4) is 0 Å². The molecule has 2 bridgehead atoms. The summed E-state index contributed by atoms with van der Waals surface area (Å²) in [5.41, 5.74) is 10.9. The van der Waals surface area contributed by atoms with Crippen molar-refractivity contribution in [2.75, 3.05) is 5.73 Å². The fourth-order valence-electron chi connectivity index (χ4n) is 4.35. The second-order valence-corrected chi connectivity index (χ2v) is 7.96. The zero-order valence-corrected chi connectivity index (χ0v) is 18.0. The average Bonchev–Trinajstić information content (AvgIpc) is 3.28. The van der Waals surface area contributed by atoms with Crippen LogP contribution in [0.5, 0.6) is 5.75 Å². The van der Waals surface area contributed by atoms with Crippen LogP contribution in [0.25, 0.3) is 22.5 Å². The predicted octanol–water partition coefficient (Wildman–Crippen LogP) is 3.42. The zero-order chi connectivity index (χ0) is 22.6. The lowest BCUT2D eigenvalue weighted by molar-refractivity contribution is 0.227. The van der Waals surface area contributed by atoms with Gasteiger partial charge >= 0.3 is 0 Å². The Morgan fingerprint density at radius 3 is 2.94 bits per heavy atom. The monoisotopic (exact) mass is 434 g/mol. The Balaban J connectivity index is 1.85. The molecule has 0 radical (unpaired) electrons. The Bertz CT molecular complexity index is 1400. The molecule has 1 atom stereocenters. The number of hydrogen-bond acceptors (Lipinski definition) is 5. The van der Waals surface area contributed by atoms with Crippen molar-refractivity contribution in [1.29, 1.82) is 0 Å². The summed E-state index contributed by atoms with van der Waals surface area (Å²) in [6.07, 6.45) is 3.36. The molecule has 0 saturated carbocycles. The van der Waals surface area contributed by atoms with E-state index >= 15 is 0 Å². The summed E-state index contributed by atoms with van der Waals surface area (Å²) in [4.78, 5) is 17.3. The van der Waals surface area contributed by atoms with Crippen molar-refractivity contribution in [2.45, 2.75) is 32.9 Å². The molecule has 0 unspecified atom stereocenters. The van der Waals surface area contributed by atoms with Gasteiger partial charge in [-0.25, -0.2) is 9.37 Å². The van der Waals surface area contributed by atoms with Gasteiger partial charge in [-0.15, -0.1) is 0 Å². The van der Waals surface area contributed by atoms with Crippen LogP contribution < -0.4 is 16.0 Å². The average molecular weight is 434 g/mol. The van der Waals surface area contributed by atoms with E-state index in [1.807, 2.05) is 27.1 Å². The molecule has 0 fully saturated rings. The quantitative estimate of drug-likeness (QED) is 0.478. The van der Waals surface area contributed by atoms with Gasteiger partial charge in [0.25, 0.3) is 5.56 Å². The lowest BCUT2D eigenvalue weighted by Crippen LogP contribution is -2.10. The summed E-state index contributed by atoms with van der Waals surface area (Å²) in [6.45, 7) is 4.36. The van der Waals surface area contributed by atoms with Gasteiger partial charge in [0.1, 0.15) is 11.9 Å². The van der Waals surface area contributed by atoms with E-state index in [1.54, 1.807) is 27.7 Å². The molecule has 32 heavy (non-hydrogen) atoms. The number of halogens is 1. The van der Waals surface area contributed by atoms with E-state index in [1.165, 1.54) is 12.1 Å². The van der Waals surface area contributed by atoms with Gasteiger partial charge in [0.05, 0.1) is 11.4 Å². The summed E-state index contributed by atoms with van der Waals surface area (Å²) >= 11 is 0. The Kier molecular flexibility index (Phi) is 4.61. The zero-order valence-electron chi connectivity index (χ0n) is 18.0. The number of fused-ring (bicyclic) bond motifs is 7. The minimum atomic E-state index is -0.520. The molecule has 1 aromatic carbocycles. The maximum absolute atomic E-state index is 14.2. The highest BCUT2D eigenvalue weighted by molar-refractivity contribution is 5.71. The van der Waals surface area contributed by atoms with Crippen molar-refractivity contribution >= 4 is 5.82 Å². The summed E-state index contributed by atoms with van der Waals surface area (Å²) < 4.78 is 23.9. The lowest BCUT2D eigenvalue weighted by atomic mass is 9.94. The van der Waals surface area contributed by atoms with Crippen molar-refractivity contribution in [2.24, 2.45) is 7.05 Å². The van der Waals surface area contributed by atoms with Crippen LogP contribution >= 0.6 is 0 Å². The Labute approximate surface area is 183 Å². The van der Waals surface area contributed by atoms with Crippen molar-refractivity contribution in [1.82, 2.24) is 24.5 Å². The Morgan fingerprint density at radius 1 is 1.34 bits per heavy atom. The molecule has 3 N–H and O–H groups in total. The first-order chi connectivity index (χ1) is 15.4. The maximum Gasteiger partial charge on any atom is 0.268 e. The number of rotatable bonds is 1. The fourth-order valence-corrected chi connectivity index (χ4v) is 4.35. The highest BCUT2D eigenvalue weighted by Crippen LogP contribution is 2.37. The predicted molar refractivity (Wildman–Crippen MR) is 119 cm³/mol. The van der Waals surface area contributed by atoms with Crippen LogP contribution in [0.4, 0.5) is 10.2 Å². The van der Waals surface area contributed by atoms with Gasteiger partial charge in [0, 0.05) is 60.2 Å². The number of pyridine rings is 1. The topological polar surface area (TPSA) is 104 Å². The van der Waals surface area contributed by atoms with Gasteiger partial charge < -0.3 is 10.5 Å². The molecule has 4 aromatic rings. The number of H-pyrrole nitrogens is 1. The maximum atomic E-state index is 14.2. The van der Waals surface area contributed by atoms with Crippen LogP contribution in [0.1, 0.15) is 36.6 Å². The summed E-state index contributed by atoms with van der Waals surface area (Å²) in [7, 11) is 1.82. The highest BCUT2D eigenvalue weighted by atomic mass is 19.1. The number of hydrogen-bond donors (Lipinski definition) is 2. The Hall–Kier alpha value is -3.88. The molecule has 164 valence electrons.